The van der Waals surface area contributed by atoms with Gasteiger partial charge in [0.15, 0.2) is 0 Å². The van der Waals surface area contributed by atoms with Gasteiger partial charge in [-0.15, -0.1) is 8.78 Å². The predicted octanol–water partition coefficient (Wildman–Crippen LogP) is 4.95. The second-order valence-corrected chi connectivity index (χ2v) is 6.60. The number of hydrogen-bond donors (Lipinski definition) is 2. The zero-order chi connectivity index (χ0) is 22.1. The summed E-state index contributed by atoms with van der Waals surface area (Å²) in [6.45, 7) is 0.431. The van der Waals surface area contributed by atoms with Gasteiger partial charge >= 0.3 is 12.4 Å². The summed E-state index contributed by atoms with van der Waals surface area (Å²) in [4.78, 5) is 16.7. The minimum absolute atomic E-state index is 0.0372. The van der Waals surface area contributed by atoms with E-state index in [2.05, 4.69) is 25.1 Å². The fourth-order valence-electron chi connectivity index (χ4n) is 3.01. The highest BCUT2D eigenvalue weighted by Crippen LogP contribution is 2.46. The van der Waals surface area contributed by atoms with Gasteiger partial charge < -0.3 is 15.4 Å². The number of anilines is 2. The maximum Gasteiger partial charge on any atom is 0.540 e. The molecule has 1 aliphatic rings. The standard InChI is InChI=1S/C21H15F4N3O3/c22-20(23)16-11-14(5-6-18(16)30-21(24,25)31-20)28-19(29)15-3-1-2-4-17(15)27-12-13-7-9-26-10-8-13/h1-11,27H,12H2,(H,28,29). The van der Waals surface area contributed by atoms with E-state index >= 15 is 0 Å². The number of ether oxygens (including phenoxy) is 2. The normalized spacial score (nSPS) is 16.0. The van der Waals surface area contributed by atoms with E-state index in [0.29, 0.717) is 12.2 Å². The van der Waals surface area contributed by atoms with Crippen LogP contribution < -0.4 is 15.4 Å². The Morgan fingerprint density at radius 2 is 1.74 bits per heavy atom. The van der Waals surface area contributed by atoms with Crippen molar-refractivity contribution in [1.82, 2.24) is 4.98 Å². The number of benzene rings is 2. The molecular formula is C21H15F4N3O3. The number of carbonyl (C=O) groups excluding carboxylic acids is 1. The predicted molar refractivity (Wildman–Crippen MR) is 103 cm³/mol. The van der Waals surface area contributed by atoms with Crippen molar-refractivity contribution in [2.75, 3.05) is 10.6 Å². The second-order valence-electron chi connectivity index (χ2n) is 6.60. The first kappa shape index (κ1) is 20.6. The van der Waals surface area contributed by atoms with Crippen LogP contribution in [0.2, 0.25) is 0 Å². The number of amides is 1. The van der Waals surface area contributed by atoms with E-state index in [-0.39, 0.29) is 11.3 Å². The third kappa shape index (κ3) is 4.58. The van der Waals surface area contributed by atoms with Crippen LogP contribution in [0.1, 0.15) is 21.5 Å². The molecule has 0 unspecified atom stereocenters. The molecule has 160 valence electrons. The van der Waals surface area contributed by atoms with Crippen LogP contribution in [0.4, 0.5) is 28.9 Å². The Morgan fingerprint density at radius 3 is 2.52 bits per heavy atom. The molecule has 1 aliphatic heterocycles. The van der Waals surface area contributed by atoms with Crippen LogP contribution in [-0.2, 0) is 17.4 Å². The highest BCUT2D eigenvalue weighted by Gasteiger charge is 2.54. The highest BCUT2D eigenvalue weighted by molar-refractivity contribution is 6.08. The van der Waals surface area contributed by atoms with Crippen molar-refractivity contribution < 1.29 is 31.8 Å². The molecule has 31 heavy (non-hydrogen) atoms. The first-order valence-corrected chi connectivity index (χ1v) is 9.06. The van der Waals surface area contributed by atoms with E-state index < -0.39 is 29.6 Å². The average molecular weight is 433 g/mol. The molecule has 3 aromatic rings. The number of carbonyl (C=O) groups is 1. The zero-order valence-electron chi connectivity index (χ0n) is 15.7. The summed E-state index contributed by atoms with van der Waals surface area (Å²) in [5, 5.41) is 5.62. The second kappa shape index (κ2) is 7.88. The summed E-state index contributed by atoms with van der Waals surface area (Å²) < 4.78 is 61.7. The van der Waals surface area contributed by atoms with Crippen LogP contribution in [0, 0.1) is 0 Å². The highest BCUT2D eigenvalue weighted by atomic mass is 19.3. The molecule has 4 rings (SSSR count). The van der Waals surface area contributed by atoms with Crippen molar-refractivity contribution >= 4 is 17.3 Å². The number of nitrogens with zero attached hydrogens (tertiary/aromatic N) is 1. The Balaban J connectivity index is 1.53. The molecule has 1 aromatic heterocycles. The van der Waals surface area contributed by atoms with Crippen LogP contribution in [0.3, 0.4) is 0 Å². The number of para-hydroxylation sites is 1. The fourth-order valence-corrected chi connectivity index (χ4v) is 3.01. The van der Waals surface area contributed by atoms with Crippen LogP contribution >= 0.6 is 0 Å². The van der Waals surface area contributed by atoms with E-state index in [1.807, 2.05) is 12.1 Å². The lowest BCUT2D eigenvalue weighted by molar-refractivity contribution is -0.461. The van der Waals surface area contributed by atoms with Crippen LogP contribution in [0.25, 0.3) is 0 Å². The molecule has 2 heterocycles. The van der Waals surface area contributed by atoms with Crippen molar-refractivity contribution in [3.05, 3.63) is 83.7 Å². The molecule has 0 radical (unpaired) electrons. The third-order valence-electron chi connectivity index (χ3n) is 4.43. The maximum atomic E-state index is 13.9. The van der Waals surface area contributed by atoms with Crippen LogP contribution in [-0.4, -0.2) is 17.2 Å². The number of rotatable bonds is 5. The van der Waals surface area contributed by atoms with Crippen molar-refractivity contribution in [2.45, 2.75) is 18.9 Å². The van der Waals surface area contributed by atoms with Gasteiger partial charge in [-0.3, -0.25) is 9.78 Å². The molecule has 2 aromatic carbocycles. The van der Waals surface area contributed by atoms with Gasteiger partial charge in [-0.25, -0.2) is 4.74 Å². The molecule has 0 atom stereocenters. The van der Waals surface area contributed by atoms with Crippen molar-refractivity contribution in [1.29, 1.82) is 0 Å². The molecule has 0 aliphatic carbocycles. The average Bonchev–Trinajstić information content (AvgIpc) is 2.72. The zero-order valence-corrected chi connectivity index (χ0v) is 15.7. The number of halogens is 4. The van der Waals surface area contributed by atoms with Gasteiger partial charge in [-0.2, -0.15) is 8.78 Å². The lowest BCUT2D eigenvalue weighted by Gasteiger charge is -2.30. The summed E-state index contributed by atoms with van der Waals surface area (Å²) in [5.41, 5.74) is 0.774. The lowest BCUT2D eigenvalue weighted by atomic mass is 10.1. The van der Waals surface area contributed by atoms with E-state index in [9.17, 15) is 22.4 Å². The molecule has 0 fully saturated rings. The van der Waals surface area contributed by atoms with Crippen molar-refractivity contribution in [3.8, 4) is 5.75 Å². The Hall–Kier alpha value is -3.66. The molecule has 6 nitrogen and oxygen atoms in total. The quantitative estimate of drug-likeness (QED) is 0.557. The third-order valence-corrected chi connectivity index (χ3v) is 4.43. The summed E-state index contributed by atoms with van der Waals surface area (Å²) in [5.74, 6) is -1.32. The Kier molecular flexibility index (Phi) is 5.24. The van der Waals surface area contributed by atoms with Gasteiger partial charge in [0.25, 0.3) is 5.91 Å². The first-order chi connectivity index (χ1) is 14.7. The number of alkyl halides is 4. The van der Waals surface area contributed by atoms with Crippen molar-refractivity contribution in [3.63, 3.8) is 0 Å². The van der Waals surface area contributed by atoms with Gasteiger partial charge in [0.05, 0.1) is 11.1 Å². The number of nitrogens with one attached hydrogen (secondary N) is 2. The van der Waals surface area contributed by atoms with E-state index in [1.165, 1.54) is 6.07 Å². The van der Waals surface area contributed by atoms with Crippen LogP contribution in [0.5, 0.6) is 5.75 Å². The van der Waals surface area contributed by atoms with E-state index in [4.69, 9.17) is 0 Å². The minimum Gasteiger partial charge on any atom is -0.409 e. The number of hydrogen-bond acceptors (Lipinski definition) is 5. The molecule has 1 amide bonds. The van der Waals surface area contributed by atoms with Gasteiger partial charge in [0.1, 0.15) is 5.75 Å². The molecule has 0 saturated carbocycles. The summed E-state index contributed by atoms with van der Waals surface area (Å²) in [6.07, 6.45) is -5.46. The van der Waals surface area contributed by atoms with E-state index in [1.54, 1.807) is 36.7 Å². The number of pyridine rings is 1. The molecule has 10 heteroatoms. The number of fused-ring (bicyclic) bond motifs is 1. The van der Waals surface area contributed by atoms with E-state index in [0.717, 1.165) is 17.7 Å². The van der Waals surface area contributed by atoms with Gasteiger partial charge in [0, 0.05) is 30.3 Å². The summed E-state index contributed by atoms with van der Waals surface area (Å²) >= 11 is 0. The van der Waals surface area contributed by atoms with Crippen LogP contribution in [0.15, 0.2) is 67.0 Å². The summed E-state index contributed by atoms with van der Waals surface area (Å²) in [6, 6.07) is 13.2. The Bertz CT molecular complexity index is 1110. The molecule has 0 spiro atoms. The fraction of sp³-hybridized carbons (Fsp3) is 0.143. The van der Waals surface area contributed by atoms with Gasteiger partial charge in [0.2, 0.25) is 0 Å². The Morgan fingerprint density at radius 1 is 1.00 bits per heavy atom. The van der Waals surface area contributed by atoms with Crippen molar-refractivity contribution in [2.24, 2.45) is 0 Å². The monoisotopic (exact) mass is 433 g/mol. The first-order valence-electron chi connectivity index (χ1n) is 9.06. The van der Waals surface area contributed by atoms with Gasteiger partial charge in [-0.1, -0.05) is 12.1 Å². The topological polar surface area (TPSA) is 72.5 Å². The molecule has 0 bridgehead atoms. The maximum absolute atomic E-state index is 13.9. The summed E-state index contributed by atoms with van der Waals surface area (Å²) in [7, 11) is 0. The molecule has 0 saturated heterocycles. The lowest BCUT2D eigenvalue weighted by Crippen LogP contribution is -2.41. The Labute approximate surface area is 173 Å². The molecule has 2 N–H and O–H groups in total. The number of aromatic nitrogens is 1. The molecular weight excluding hydrogens is 418 g/mol. The smallest absolute Gasteiger partial charge is 0.409 e. The largest absolute Gasteiger partial charge is 0.540 e. The van der Waals surface area contributed by atoms with Gasteiger partial charge in [-0.05, 0) is 48.0 Å². The minimum atomic E-state index is -4.46. The SMILES string of the molecule is O=C(Nc1ccc2c(c1)C(F)(F)OC(F)(F)O2)c1ccccc1NCc1ccncc1.